The largest absolute Gasteiger partial charge is 0.481 e. The Bertz CT molecular complexity index is 116. The van der Waals surface area contributed by atoms with Crippen LogP contribution in [0.25, 0.3) is 0 Å². The highest BCUT2D eigenvalue weighted by molar-refractivity contribution is 5.66. The van der Waals surface area contributed by atoms with Crippen LogP contribution in [0.5, 0.6) is 0 Å². The van der Waals surface area contributed by atoms with Gasteiger partial charge in [-0.05, 0) is 40.5 Å². The Morgan fingerprint density at radius 3 is 2.15 bits per heavy atom. The topological polar surface area (TPSA) is 66.6 Å². The van der Waals surface area contributed by atoms with Crippen LogP contribution >= 0.6 is 0 Å². The van der Waals surface area contributed by atoms with Crippen LogP contribution in [0.15, 0.2) is 0 Å². The molecule has 0 unspecified atom stereocenters. The monoisotopic (exact) mass is 190 g/mol. The average molecular weight is 190 g/mol. The SMILES string of the molecule is CN.CN(C)CCCCCC(=O)O. The van der Waals surface area contributed by atoms with Gasteiger partial charge in [-0.3, -0.25) is 4.79 Å². The second kappa shape index (κ2) is 11.4. The molecule has 80 valence electrons. The van der Waals surface area contributed by atoms with E-state index >= 15 is 0 Å². The summed E-state index contributed by atoms with van der Waals surface area (Å²) in [4.78, 5) is 12.2. The molecular weight excluding hydrogens is 168 g/mol. The molecule has 0 aromatic heterocycles. The van der Waals surface area contributed by atoms with Crippen LogP contribution in [0.2, 0.25) is 0 Å². The molecule has 0 spiro atoms. The molecule has 0 aromatic rings. The summed E-state index contributed by atoms with van der Waals surface area (Å²) in [5.74, 6) is -0.685. The number of rotatable bonds is 6. The molecule has 4 nitrogen and oxygen atoms in total. The Morgan fingerprint density at radius 1 is 1.23 bits per heavy atom. The molecule has 0 fully saturated rings. The second-order valence-corrected chi connectivity index (χ2v) is 3.01. The smallest absolute Gasteiger partial charge is 0.303 e. The predicted octanol–water partition coefficient (Wildman–Crippen LogP) is 0.768. The van der Waals surface area contributed by atoms with Crippen molar-refractivity contribution in [1.29, 1.82) is 0 Å². The third kappa shape index (κ3) is 18.4. The Balaban J connectivity index is 0. The molecule has 0 atom stereocenters. The van der Waals surface area contributed by atoms with Gasteiger partial charge in [0.05, 0.1) is 0 Å². The quantitative estimate of drug-likeness (QED) is 0.607. The molecular formula is C9H22N2O2. The van der Waals surface area contributed by atoms with Crippen molar-refractivity contribution in [2.75, 3.05) is 27.7 Å². The zero-order chi connectivity index (χ0) is 10.7. The van der Waals surface area contributed by atoms with Gasteiger partial charge in [0.2, 0.25) is 0 Å². The summed E-state index contributed by atoms with van der Waals surface area (Å²) in [6.07, 6.45) is 3.24. The van der Waals surface area contributed by atoms with E-state index in [1.165, 1.54) is 7.05 Å². The van der Waals surface area contributed by atoms with Gasteiger partial charge in [0, 0.05) is 6.42 Å². The van der Waals surface area contributed by atoms with Gasteiger partial charge in [0.15, 0.2) is 0 Å². The van der Waals surface area contributed by atoms with E-state index in [0.717, 1.165) is 25.8 Å². The molecule has 0 aromatic carbocycles. The highest BCUT2D eigenvalue weighted by Gasteiger charge is 1.96. The fourth-order valence-electron chi connectivity index (χ4n) is 0.881. The number of hydrogen-bond donors (Lipinski definition) is 2. The van der Waals surface area contributed by atoms with E-state index in [-0.39, 0.29) is 0 Å². The molecule has 0 aliphatic carbocycles. The molecule has 0 saturated heterocycles. The lowest BCUT2D eigenvalue weighted by molar-refractivity contribution is -0.137. The summed E-state index contributed by atoms with van der Waals surface area (Å²) < 4.78 is 0. The second-order valence-electron chi connectivity index (χ2n) is 3.01. The maximum Gasteiger partial charge on any atom is 0.303 e. The molecule has 13 heavy (non-hydrogen) atoms. The molecule has 0 aliphatic heterocycles. The van der Waals surface area contributed by atoms with Gasteiger partial charge in [-0.1, -0.05) is 6.42 Å². The fourth-order valence-corrected chi connectivity index (χ4v) is 0.881. The van der Waals surface area contributed by atoms with E-state index in [2.05, 4.69) is 10.6 Å². The third-order valence-corrected chi connectivity index (χ3v) is 1.50. The summed E-state index contributed by atoms with van der Waals surface area (Å²) in [5.41, 5.74) is 4.50. The van der Waals surface area contributed by atoms with Crippen molar-refractivity contribution < 1.29 is 9.90 Å². The summed E-state index contributed by atoms with van der Waals surface area (Å²) in [6, 6.07) is 0. The molecule has 0 heterocycles. The van der Waals surface area contributed by atoms with E-state index in [1.807, 2.05) is 14.1 Å². The Hall–Kier alpha value is -0.610. The van der Waals surface area contributed by atoms with E-state index in [4.69, 9.17) is 5.11 Å². The zero-order valence-electron chi connectivity index (χ0n) is 8.92. The van der Waals surface area contributed by atoms with E-state index < -0.39 is 5.97 Å². The highest BCUT2D eigenvalue weighted by atomic mass is 16.4. The lowest BCUT2D eigenvalue weighted by Gasteiger charge is -2.07. The predicted molar refractivity (Wildman–Crippen MR) is 54.8 cm³/mol. The van der Waals surface area contributed by atoms with Crippen LogP contribution < -0.4 is 5.73 Å². The van der Waals surface area contributed by atoms with Crippen molar-refractivity contribution in [3.63, 3.8) is 0 Å². The van der Waals surface area contributed by atoms with Gasteiger partial charge in [-0.15, -0.1) is 0 Å². The van der Waals surface area contributed by atoms with Crippen LogP contribution in [-0.4, -0.2) is 43.7 Å². The van der Waals surface area contributed by atoms with E-state index in [1.54, 1.807) is 0 Å². The Morgan fingerprint density at radius 2 is 1.77 bits per heavy atom. The summed E-state index contributed by atoms with van der Waals surface area (Å²) in [7, 11) is 5.55. The minimum atomic E-state index is -0.685. The molecule has 3 N–H and O–H groups in total. The molecule has 4 heteroatoms. The third-order valence-electron chi connectivity index (χ3n) is 1.50. The van der Waals surface area contributed by atoms with E-state index in [9.17, 15) is 4.79 Å². The summed E-state index contributed by atoms with van der Waals surface area (Å²) >= 11 is 0. The van der Waals surface area contributed by atoms with Crippen LogP contribution in [0.1, 0.15) is 25.7 Å². The van der Waals surface area contributed by atoms with Crippen molar-refractivity contribution >= 4 is 5.97 Å². The van der Waals surface area contributed by atoms with Gasteiger partial charge in [-0.2, -0.15) is 0 Å². The lowest BCUT2D eigenvalue weighted by atomic mass is 10.2. The van der Waals surface area contributed by atoms with Gasteiger partial charge >= 0.3 is 5.97 Å². The first-order valence-corrected chi connectivity index (χ1v) is 4.57. The van der Waals surface area contributed by atoms with Crippen LogP contribution in [0.4, 0.5) is 0 Å². The number of hydrogen-bond acceptors (Lipinski definition) is 3. The average Bonchev–Trinajstić information content (AvgIpc) is 2.06. The number of nitrogens with two attached hydrogens (primary N) is 1. The molecule has 0 saturated carbocycles. The first-order chi connectivity index (χ1) is 6.13. The van der Waals surface area contributed by atoms with Gasteiger partial charge in [-0.25, -0.2) is 0 Å². The number of carboxylic acids is 1. The standard InChI is InChI=1S/C8H17NO2.CH5N/c1-9(2)7-5-3-4-6-8(10)11;1-2/h3-7H2,1-2H3,(H,10,11);2H2,1H3. The molecule has 0 rings (SSSR count). The Kier molecular flexibility index (Phi) is 13.0. The number of carbonyl (C=O) groups is 1. The number of unbranched alkanes of at least 4 members (excludes halogenated alkanes) is 2. The van der Waals surface area contributed by atoms with E-state index in [0.29, 0.717) is 6.42 Å². The van der Waals surface area contributed by atoms with Crippen LogP contribution in [-0.2, 0) is 4.79 Å². The lowest BCUT2D eigenvalue weighted by Crippen LogP contribution is -2.12. The highest BCUT2D eigenvalue weighted by Crippen LogP contribution is 1.99. The normalized spacial score (nSPS) is 9.31. The van der Waals surface area contributed by atoms with Gasteiger partial charge in [0.1, 0.15) is 0 Å². The maximum absolute atomic E-state index is 10.1. The van der Waals surface area contributed by atoms with Crippen molar-refractivity contribution in [2.45, 2.75) is 25.7 Å². The number of aliphatic carboxylic acids is 1. The zero-order valence-corrected chi connectivity index (χ0v) is 8.92. The van der Waals surface area contributed by atoms with Crippen molar-refractivity contribution in [3.8, 4) is 0 Å². The summed E-state index contributed by atoms with van der Waals surface area (Å²) in [6.45, 7) is 1.06. The molecule has 0 radical (unpaired) electrons. The van der Waals surface area contributed by atoms with Crippen molar-refractivity contribution in [3.05, 3.63) is 0 Å². The van der Waals surface area contributed by atoms with Crippen LogP contribution in [0, 0.1) is 0 Å². The van der Waals surface area contributed by atoms with Crippen molar-refractivity contribution in [1.82, 2.24) is 4.90 Å². The van der Waals surface area contributed by atoms with Gasteiger partial charge in [0.25, 0.3) is 0 Å². The molecule has 0 bridgehead atoms. The minimum absolute atomic E-state index is 0.313. The maximum atomic E-state index is 10.1. The first-order valence-electron chi connectivity index (χ1n) is 4.57. The number of carboxylic acid groups (broad SMARTS) is 1. The molecule has 0 amide bonds. The first kappa shape index (κ1) is 14.9. The van der Waals surface area contributed by atoms with Crippen LogP contribution in [0.3, 0.4) is 0 Å². The Labute approximate surface area is 80.7 Å². The summed E-state index contributed by atoms with van der Waals surface area (Å²) in [5, 5.41) is 8.31. The fraction of sp³-hybridized carbons (Fsp3) is 0.889. The number of nitrogens with zero attached hydrogens (tertiary/aromatic N) is 1. The van der Waals surface area contributed by atoms with Crippen molar-refractivity contribution in [2.24, 2.45) is 5.73 Å². The minimum Gasteiger partial charge on any atom is -0.481 e. The molecule has 0 aliphatic rings. The van der Waals surface area contributed by atoms with Gasteiger partial charge < -0.3 is 15.7 Å².